The van der Waals surface area contributed by atoms with E-state index in [0.717, 1.165) is 16.7 Å². The fraction of sp³-hybridized carbons (Fsp3) is 0.217. The number of benzene rings is 3. The van der Waals surface area contributed by atoms with Crippen molar-refractivity contribution < 1.29 is 16.8 Å². The lowest BCUT2D eigenvalue weighted by Crippen LogP contribution is -2.16. The molecule has 31 heavy (non-hydrogen) atoms. The van der Waals surface area contributed by atoms with Crippen molar-refractivity contribution in [3.8, 4) is 0 Å². The van der Waals surface area contributed by atoms with Crippen molar-refractivity contribution in [1.29, 1.82) is 0 Å². The predicted molar refractivity (Wildman–Crippen MR) is 125 cm³/mol. The van der Waals surface area contributed by atoms with Crippen molar-refractivity contribution in [2.45, 2.75) is 44.4 Å². The van der Waals surface area contributed by atoms with Crippen LogP contribution in [0.4, 0.5) is 11.4 Å². The molecule has 0 saturated carbocycles. The molecule has 0 spiro atoms. The van der Waals surface area contributed by atoms with Crippen molar-refractivity contribution >= 4 is 31.4 Å². The summed E-state index contributed by atoms with van der Waals surface area (Å²) in [5, 5.41) is 0. The molecule has 0 saturated heterocycles. The van der Waals surface area contributed by atoms with Gasteiger partial charge in [-0.3, -0.25) is 9.44 Å². The largest absolute Gasteiger partial charge is 0.280 e. The molecule has 0 atom stereocenters. The third-order valence-corrected chi connectivity index (χ3v) is 7.98. The summed E-state index contributed by atoms with van der Waals surface area (Å²) in [6, 6.07) is 14.7. The van der Waals surface area contributed by atoms with Crippen molar-refractivity contribution in [3.05, 3.63) is 82.4 Å². The zero-order valence-electron chi connectivity index (χ0n) is 18.1. The monoisotopic (exact) mass is 458 g/mol. The molecular formula is C23H26N2O4S2. The van der Waals surface area contributed by atoms with Gasteiger partial charge in [0.2, 0.25) is 0 Å². The molecule has 0 fully saturated rings. The molecule has 0 radical (unpaired) electrons. The summed E-state index contributed by atoms with van der Waals surface area (Å²) >= 11 is 0. The van der Waals surface area contributed by atoms with Gasteiger partial charge in [-0.05, 0) is 81.6 Å². The van der Waals surface area contributed by atoms with Crippen LogP contribution in [0.5, 0.6) is 0 Å². The zero-order chi connectivity index (χ0) is 23.0. The highest BCUT2D eigenvalue weighted by molar-refractivity contribution is 7.93. The van der Waals surface area contributed by atoms with Crippen molar-refractivity contribution in [2.75, 3.05) is 9.44 Å². The zero-order valence-corrected chi connectivity index (χ0v) is 19.8. The third kappa shape index (κ3) is 5.08. The van der Waals surface area contributed by atoms with Crippen LogP contribution in [-0.4, -0.2) is 16.8 Å². The molecule has 3 aromatic rings. The first-order valence-corrected chi connectivity index (χ1v) is 12.7. The van der Waals surface area contributed by atoms with Crippen LogP contribution in [-0.2, 0) is 20.0 Å². The molecule has 0 aliphatic carbocycles. The quantitative estimate of drug-likeness (QED) is 0.553. The average Bonchev–Trinajstić information content (AvgIpc) is 2.63. The Labute approximate surface area is 184 Å². The normalized spacial score (nSPS) is 11.9. The number of sulfonamides is 2. The van der Waals surface area contributed by atoms with E-state index >= 15 is 0 Å². The Morgan fingerprint density at radius 2 is 1.13 bits per heavy atom. The number of hydrogen-bond acceptors (Lipinski definition) is 4. The van der Waals surface area contributed by atoms with E-state index in [2.05, 4.69) is 9.44 Å². The summed E-state index contributed by atoms with van der Waals surface area (Å²) in [6.45, 7) is 9.18. The molecule has 3 rings (SSSR count). The van der Waals surface area contributed by atoms with Gasteiger partial charge in [0.15, 0.2) is 0 Å². The SMILES string of the molecule is Cc1ccc(NS(=O)(=O)c2ccc(NS(=O)(=O)c3c(C)cc(C)cc3C)cc2)c(C)c1. The summed E-state index contributed by atoms with van der Waals surface area (Å²) < 4.78 is 56.4. The van der Waals surface area contributed by atoms with Gasteiger partial charge in [0.25, 0.3) is 20.0 Å². The van der Waals surface area contributed by atoms with Crippen molar-refractivity contribution in [1.82, 2.24) is 0 Å². The van der Waals surface area contributed by atoms with Crippen LogP contribution in [0.25, 0.3) is 0 Å². The average molecular weight is 459 g/mol. The van der Waals surface area contributed by atoms with Crippen LogP contribution in [0.15, 0.2) is 64.4 Å². The summed E-state index contributed by atoms with van der Waals surface area (Å²) in [7, 11) is -7.62. The van der Waals surface area contributed by atoms with Gasteiger partial charge in [-0.15, -0.1) is 0 Å². The minimum Gasteiger partial charge on any atom is -0.280 e. The van der Waals surface area contributed by atoms with Gasteiger partial charge in [-0.1, -0.05) is 35.4 Å². The molecule has 0 aliphatic heterocycles. The summed E-state index contributed by atoms with van der Waals surface area (Å²) in [4.78, 5) is 0.268. The Morgan fingerprint density at radius 3 is 1.68 bits per heavy atom. The number of anilines is 2. The van der Waals surface area contributed by atoms with E-state index in [1.54, 1.807) is 19.9 Å². The summed E-state index contributed by atoms with van der Waals surface area (Å²) in [5.74, 6) is 0. The molecule has 164 valence electrons. The van der Waals surface area contributed by atoms with E-state index in [9.17, 15) is 16.8 Å². The van der Waals surface area contributed by atoms with Crippen LogP contribution >= 0.6 is 0 Å². The Morgan fingerprint density at radius 1 is 0.581 bits per heavy atom. The lowest BCUT2D eigenvalue weighted by molar-refractivity contribution is 0.599. The molecule has 0 aliphatic rings. The molecule has 0 amide bonds. The fourth-order valence-electron chi connectivity index (χ4n) is 3.63. The number of aryl methyl sites for hydroxylation is 5. The second-order valence-corrected chi connectivity index (χ2v) is 11.1. The van der Waals surface area contributed by atoms with Gasteiger partial charge in [0.1, 0.15) is 0 Å². The Balaban J connectivity index is 1.84. The topological polar surface area (TPSA) is 92.3 Å². The summed E-state index contributed by atoms with van der Waals surface area (Å²) in [5.41, 5.74) is 4.93. The van der Waals surface area contributed by atoms with Crippen LogP contribution in [0.1, 0.15) is 27.8 Å². The van der Waals surface area contributed by atoms with Gasteiger partial charge in [0, 0.05) is 5.69 Å². The fourth-order valence-corrected chi connectivity index (χ4v) is 6.28. The van der Waals surface area contributed by atoms with Gasteiger partial charge < -0.3 is 0 Å². The maximum absolute atomic E-state index is 12.9. The minimum absolute atomic E-state index is 0.0399. The first-order chi connectivity index (χ1) is 14.4. The Kier molecular flexibility index (Phi) is 6.16. The Bertz CT molecular complexity index is 1320. The molecule has 0 aromatic heterocycles. The van der Waals surface area contributed by atoms with Crippen LogP contribution in [0, 0.1) is 34.6 Å². The van der Waals surface area contributed by atoms with Gasteiger partial charge >= 0.3 is 0 Å². The van der Waals surface area contributed by atoms with Gasteiger partial charge in [-0.25, -0.2) is 16.8 Å². The molecule has 8 heteroatoms. The molecule has 3 aromatic carbocycles. The standard InChI is InChI=1S/C23H26N2O4S2/c1-15-6-11-22(17(3)12-15)25-30(26,27)21-9-7-20(8-10-21)24-31(28,29)23-18(4)13-16(2)14-19(23)5/h6-14,24-25H,1-5H3. The maximum atomic E-state index is 12.9. The molecule has 6 nitrogen and oxygen atoms in total. The second-order valence-electron chi connectivity index (χ2n) is 7.78. The first kappa shape index (κ1) is 22.8. The van der Waals surface area contributed by atoms with E-state index in [-0.39, 0.29) is 15.5 Å². The predicted octanol–water partition coefficient (Wildman–Crippen LogP) is 4.83. The lowest BCUT2D eigenvalue weighted by atomic mass is 10.1. The highest BCUT2D eigenvalue weighted by Crippen LogP contribution is 2.26. The van der Waals surface area contributed by atoms with E-state index < -0.39 is 20.0 Å². The number of nitrogens with one attached hydrogen (secondary N) is 2. The molecular weight excluding hydrogens is 432 g/mol. The Hall–Kier alpha value is -2.84. The minimum atomic E-state index is -3.81. The molecule has 0 heterocycles. The number of rotatable bonds is 6. The van der Waals surface area contributed by atoms with Crippen molar-refractivity contribution in [3.63, 3.8) is 0 Å². The van der Waals surface area contributed by atoms with Gasteiger partial charge in [0.05, 0.1) is 15.5 Å². The van der Waals surface area contributed by atoms with E-state index in [1.807, 2.05) is 45.0 Å². The highest BCUT2D eigenvalue weighted by Gasteiger charge is 2.21. The third-order valence-electron chi connectivity index (χ3n) is 4.92. The maximum Gasteiger partial charge on any atom is 0.262 e. The highest BCUT2D eigenvalue weighted by atomic mass is 32.2. The molecule has 2 N–H and O–H groups in total. The van der Waals surface area contributed by atoms with Crippen molar-refractivity contribution in [2.24, 2.45) is 0 Å². The smallest absolute Gasteiger partial charge is 0.262 e. The summed E-state index contributed by atoms with van der Waals surface area (Å²) in [6.07, 6.45) is 0. The van der Waals surface area contributed by atoms with Crippen LogP contribution in [0.2, 0.25) is 0 Å². The van der Waals surface area contributed by atoms with Crippen LogP contribution < -0.4 is 9.44 Å². The molecule has 0 unspecified atom stereocenters. The van der Waals surface area contributed by atoms with Gasteiger partial charge in [-0.2, -0.15) is 0 Å². The lowest BCUT2D eigenvalue weighted by Gasteiger charge is -2.15. The first-order valence-electron chi connectivity index (χ1n) is 9.70. The van der Waals surface area contributed by atoms with Crippen LogP contribution in [0.3, 0.4) is 0 Å². The number of hydrogen-bond donors (Lipinski definition) is 2. The van der Waals surface area contributed by atoms with E-state index in [4.69, 9.17) is 0 Å². The van der Waals surface area contributed by atoms with E-state index in [0.29, 0.717) is 16.8 Å². The van der Waals surface area contributed by atoms with E-state index in [1.165, 1.54) is 24.3 Å². The molecule has 0 bridgehead atoms. The second kappa shape index (κ2) is 8.36.